The summed E-state index contributed by atoms with van der Waals surface area (Å²) in [5.41, 5.74) is 1.50. The Morgan fingerprint density at radius 2 is 1.79 bits per heavy atom. The molecule has 1 atom stereocenters. The van der Waals surface area contributed by atoms with Crippen LogP contribution in [0, 0.1) is 17.8 Å². The van der Waals surface area contributed by atoms with E-state index in [-0.39, 0.29) is 18.6 Å². The second kappa shape index (κ2) is 9.17. The third-order valence-electron chi connectivity index (χ3n) is 7.51. The zero-order chi connectivity index (χ0) is 22.8. The topological polar surface area (TPSA) is 103 Å². The first-order valence-electron chi connectivity index (χ1n) is 11.8. The average Bonchev–Trinajstić information content (AvgIpc) is 3.23. The lowest BCUT2D eigenvalue weighted by molar-refractivity contribution is -0.181. The molecule has 4 saturated carbocycles. The molecule has 1 aromatic carbocycles. The Hall–Kier alpha value is -2.87. The molecule has 1 amide bonds. The molecule has 4 bridgehead atoms. The van der Waals surface area contributed by atoms with Crippen LogP contribution in [0.5, 0.6) is 0 Å². The van der Waals surface area contributed by atoms with Crippen molar-refractivity contribution in [3.8, 4) is 0 Å². The molecule has 0 spiro atoms. The number of benzene rings is 1. The summed E-state index contributed by atoms with van der Waals surface area (Å²) >= 11 is 0. The van der Waals surface area contributed by atoms with Gasteiger partial charge in [-0.1, -0.05) is 30.3 Å². The van der Waals surface area contributed by atoms with Crippen LogP contribution in [0.2, 0.25) is 0 Å². The van der Waals surface area contributed by atoms with Gasteiger partial charge in [0.2, 0.25) is 0 Å². The van der Waals surface area contributed by atoms with E-state index in [0.717, 1.165) is 42.6 Å². The van der Waals surface area contributed by atoms with Crippen LogP contribution in [0.25, 0.3) is 0 Å². The highest BCUT2D eigenvalue weighted by Gasteiger charge is 2.51. The van der Waals surface area contributed by atoms with E-state index < -0.39 is 18.1 Å². The lowest BCUT2D eigenvalue weighted by Gasteiger charge is -2.56. The highest BCUT2D eigenvalue weighted by Crippen LogP contribution is 2.57. The van der Waals surface area contributed by atoms with Gasteiger partial charge in [-0.3, -0.25) is 0 Å². The summed E-state index contributed by atoms with van der Waals surface area (Å²) in [5, 5.41) is 12.1. The zero-order valence-corrected chi connectivity index (χ0v) is 18.7. The molecule has 1 aromatic heterocycles. The van der Waals surface area contributed by atoms with E-state index in [4.69, 9.17) is 9.47 Å². The third-order valence-corrected chi connectivity index (χ3v) is 7.51. The predicted molar refractivity (Wildman–Crippen MR) is 119 cm³/mol. The van der Waals surface area contributed by atoms with Gasteiger partial charge in [0.1, 0.15) is 19.4 Å². The van der Waals surface area contributed by atoms with Gasteiger partial charge in [-0.05, 0) is 61.8 Å². The van der Waals surface area contributed by atoms with E-state index in [9.17, 15) is 14.7 Å². The molecule has 1 heterocycles. The zero-order valence-electron chi connectivity index (χ0n) is 18.7. The van der Waals surface area contributed by atoms with Gasteiger partial charge in [-0.25, -0.2) is 14.6 Å². The summed E-state index contributed by atoms with van der Waals surface area (Å²) in [6.07, 6.45) is 10.1. The minimum Gasteiger partial charge on any atom is -0.480 e. The lowest BCUT2D eigenvalue weighted by Crippen LogP contribution is -2.52. The molecule has 2 N–H and O–H groups in total. The van der Waals surface area contributed by atoms with Crippen LogP contribution >= 0.6 is 0 Å². The number of amides is 1. The van der Waals surface area contributed by atoms with Crippen molar-refractivity contribution in [3.63, 3.8) is 0 Å². The molecule has 0 unspecified atom stereocenters. The fraction of sp³-hybridized carbons (Fsp3) is 0.560. The van der Waals surface area contributed by atoms with Gasteiger partial charge in [0, 0.05) is 18.3 Å². The molecule has 4 aliphatic carbocycles. The number of carboxylic acid groups (broad SMARTS) is 1. The quantitative estimate of drug-likeness (QED) is 0.600. The molecule has 4 fully saturated rings. The largest absolute Gasteiger partial charge is 0.480 e. The monoisotopic (exact) mass is 453 g/mol. The van der Waals surface area contributed by atoms with Crippen LogP contribution in [0.1, 0.15) is 49.8 Å². The number of alkyl carbamates (subject to hydrolysis) is 1. The van der Waals surface area contributed by atoms with Gasteiger partial charge in [0.05, 0.1) is 11.9 Å². The minimum atomic E-state index is -1.12. The van der Waals surface area contributed by atoms with Crippen molar-refractivity contribution in [2.75, 3.05) is 0 Å². The van der Waals surface area contributed by atoms with Crippen LogP contribution in [0.15, 0.2) is 42.9 Å². The second-order valence-corrected chi connectivity index (χ2v) is 10.0. The van der Waals surface area contributed by atoms with Gasteiger partial charge in [0.15, 0.2) is 0 Å². The van der Waals surface area contributed by atoms with Crippen molar-refractivity contribution < 1.29 is 24.2 Å². The van der Waals surface area contributed by atoms with Crippen molar-refractivity contribution >= 4 is 12.1 Å². The van der Waals surface area contributed by atoms with Gasteiger partial charge >= 0.3 is 12.1 Å². The molecular formula is C25H31N3O5. The average molecular weight is 454 g/mol. The Kier molecular flexibility index (Phi) is 6.10. The predicted octanol–water partition coefficient (Wildman–Crippen LogP) is 3.75. The first-order chi connectivity index (χ1) is 16.0. The minimum absolute atomic E-state index is 0.0397. The number of carboxylic acids is 1. The molecular weight excluding hydrogens is 422 g/mol. The molecule has 8 nitrogen and oxygen atoms in total. The molecule has 33 heavy (non-hydrogen) atoms. The molecule has 0 saturated heterocycles. The summed E-state index contributed by atoms with van der Waals surface area (Å²) < 4.78 is 13.5. The summed E-state index contributed by atoms with van der Waals surface area (Å²) in [6, 6.07) is 8.13. The SMILES string of the molecule is O=C(N[C@H](Cc1cncn1COC12CC3CC(CC(C3)C1)C2)C(=O)O)OCc1ccccc1. The van der Waals surface area contributed by atoms with Crippen LogP contribution in [-0.4, -0.2) is 38.4 Å². The first kappa shape index (κ1) is 21.9. The van der Waals surface area contributed by atoms with E-state index in [1.165, 1.54) is 19.3 Å². The number of nitrogens with one attached hydrogen (secondary N) is 1. The van der Waals surface area contributed by atoms with Crippen LogP contribution in [0.4, 0.5) is 4.79 Å². The van der Waals surface area contributed by atoms with Gasteiger partial charge in [0.25, 0.3) is 0 Å². The maximum absolute atomic E-state index is 12.2. The molecule has 4 aliphatic rings. The summed E-state index contributed by atoms with van der Waals surface area (Å²) in [4.78, 5) is 28.2. The summed E-state index contributed by atoms with van der Waals surface area (Å²) in [5.74, 6) is 1.25. The van der Waals surface area contributed by atoms with E-state index in [1.54, 1.807) is 12.5 Å². The normalized spacial score (nSPS) is 28.4. The molecule has 0 aliphatic heterocycles. The standard InChI is InChI=1S/C25H31N3O5/c29-23(30)22(27-24(31)32-14-17-4-2-1-3-5-17)9-21-13-26-15-28(21)16-33-25-10-18-6-19(11-25)8-20(7-18)12-25/h1-5,13,15,18-20,22H,6-12,14,16H2,(H,27,31)(H,29,30)/t18?,19?,20?,22-,25?/m1/s1. The smallest absolute Gasteiger partial charge is 0.408 e. The Morgan fingerprint density at radius 3 is 2.42 bits per heavy atom. The molecule has 2 aromatic rings. The number of hydrogen-bond donors (Lipinski definition) is 2. The fourth-order valence-corrected chi connectivity index (χ4v) is 6.37. The third kappa shape index (κ3) is 5.05. The number of hydrogen-bond acceptors (Lipinski definition) is 5. The number of carbonyl (C=O) groups excluding carboxylic acids is 1. The first-order valence-corrected chi connectivity index (χ1v) is 11.8. The molecule has 6 rings (SSSR count). The van der Waals surface area contributed by atoms with Crippen molar-refractivity contribution in [2.24, 2.45) is 17.8 Å². The number of aromatic nitrogens is 2. The summed E-state index contributed by atoms with van der Waals surface area (Å²) in [7, 11) is 0. The van der Waals surface area contributed by atoms with Gasteiger partial charge < -0.3 is 24.5 Å². The Labute approximate surface area is 193 Å². The molecule has 8 heteroatoms. The van der Waals surface area contributed by atoms with Gasteiger partial charge in [-0.15, -0.1) is 0 Å². The Balaban J connectivity index is 1.17. The number of carbonyl (C=O) groups is 2. The number of imidazole rings is 1. The van der Waals surface area contributed by atoms with E-state index in [1.807, 2.05) is 34.9 Å². The number of ether oxygens (including phenoxy) is 2. The maximum Gasteiger partial charge on any atom is 0.408 e. The number of rotatable bonds is 9. The van der Waals surface area contributed by atoms with E-state index >= 15 is 0 Å². The fourth-order valence-electron chi connectivity index (χ4n) is 6.37. The second-order valence-electron chi connectivity index (χ2n) is 10.0. The highest BCUT2D eigenvalue weighted by atomic mass is 16.5. The van der Waals surface area contributed by atoms with Crippen molar-refractivity contribution in [1.82, 2.24) is 14.9 Å². The van der Waals surface area contributed by atoms with E-state index in [2.05, 4.69) is 10.3 Å². The number of nitrogens with zero attached hydrogens (tertiary/aromatic N) is 2. The molecule has 176 valence electrons. The van der Waals surface area contributed by atoms with Gasteiger partial charge in [-0.2, -0.15) is 0 Å². The van der Waals surface area contributed by atoms with Crippen molar-refractivity contribution in [2.45, 2.75) is 69.9 Å². The summed E-state index contributed by atoms with van der Waals surface area (Å²) in [6.45, 7) is 0.433. The number of aliphatic carboxylic acids is 1. The van der Waals surface area contributed by atoms with E-state index in [0.29, 0.717) is 12.4 Å². The van der Waals surface area contributed by atoms with Crippen LogP contribution in [-0.2, 0) is 34.0 Å². The van der Waals surface area contributed by atoms with Crippen molar-refractivity contribution in [1.29, 1.82) is 0 Å². The Bertz CT molecular complexity index is 954. The highest BCUT2D eigenvalue weighted by molar-refractivity contribution is 5.80. The molecule has 0 radical (unpaired) electrons. The lowest BCUT2D eigenvalue weighted by atomic mass is 9.54. The van der Waals surface area contributed by atoms with Crippen molar-refractivity contribution in [3.05, 3.63) is 54.1 Å². The Morgan fingerprint density at radius 1 is 1.12 bits per heavy atom. The van der Waals surface area contributed by atoms with Crippen LogP contribution in [0.3, 0.4) is 0 Å². The maximum atomic E-state index is 12.2. The van der Waals surface area contributed by atoms with Crippen LogP contribution < -0.4 is 5.32 Å².